The summed E-state index contributed by atoms with van der Waals surface area (Å²) in [6.45, 7) is 6.53. The van der Waals surface area contributed by atoms with Crippen LogP contribution >= 0.6 is 0 Å². The van der Waals surface area contributed by atoms with E-state index in [1.165, 1.54) is 24.0 Å². The molecular formula is C18H29NO. The number of rotatable bonds is 3. The molecule has 1 aromatic carbocycles. The van der Waals surface area contributed by atoms with Gasteiger partial charge in [0.25, 0.3) is 0 Å². The normalized spacial score (nSPS) is 28.6. The standard InChI is InChI=1S/C18H29NO/c1-13-6-8-18(9-7-13,19(4)5)17(20)16-11-14(2)10-15(3)12-16/h10-13,17,20H,6-9H2,1-5H3. The minimum absolute atomic E-state index is 0.104. The van der Waals surface area contributed by atoms with E-state index in [4.69, 9.17) is 0 Å². The van der Waals surface area contributed by atoms with Gasteiger partial charge in [-0.05, 0) is 65.1 Å². The van der Waals surface area contributed by atoms with Gasteiger partial charge < -0.3 is 10.0 Å². The summed E-state index contributed by atoms with van der Waals surface area (Å²) in [7, 11) is 4.23. The van der Waals surface area contributed by atoms with Crippen LogP contribution in [0.5, 0.6) is 0 Å². The molecule has 1 N–H and O–H groups in total. The third-order valence-electron chi connectivity index (χ3n) is 5.10. The summed E-state index contributed by atoms with van der Waals surface area (Å²) in [6.07, 6.45) is 4.17. The van der Waals surface area contributed by atoms with Crippen molar-refractivity contribution < 1.29 is 5.11 Å². The lowest BCUT2D eigenvalue weighted by atomic mass is 9.71. The maximum atomic E-state index is 11.1. The zero-order valence-corrected chi connectivity index (χ0v) is 13.6. The van der Waals surface area contributed by atoms with Crippen LogP contribution in [-0.4, -0.2) is 29.6 Å². The molecule has 0 aromatic heterocycles. The number of aryl methyl sites for hydroxylation is 2. The number of hydrogen-bond acceptors (Lipinski definition) is 2. The number of aliphatic hydroxyl groups excluding tert-OH is 1. The Kier molecular flexibility index (Phi) is 4.55. The van der Waals surface area contributed by atoms with E-state index in [2.05, 4.69) is 58.0 Å². The number of benzene rings is 1. The third kappa shape index (κ3) is 2.91. The monoisotopic (exact) mass is 275 g/mol. The number of hydrogen-bond donors (Lipinski definition) is 1. The molecule has 1 aliphatic rings. The summed E-state index contributed by atoms with van der Waals surface area (Å²) >= 11 is 0. The number of nitrogens with zero attached hydrogens (tertiary/aromatic N) is 1. The average molecular weight is 275 g/mol. The average Bonchev–Trinajstić information content (AvgIpc) is 2.37. The van der Waals surface area contributed by atoms with Crippen molar-refractivity contribution in [2.24, 2.45) is 5.92 Å². The SMILES string of the molecule is Cc1cc(C)cc(C(O)C2(N(C)C)CCC(C)CC2)c1. The molecule has 0 amide bonds. The zero-order valence-electron chi connectivity index (χ0n) is 13.6. The first-order chi connectivity index (χ1) is 9.35. The van der Waals surface area contributed by atoms with E-state index in [1.807, 2.05) is 0 Å². The smallest absolute Gasteiger partial charge is 0.0973 e. The maximum absolute atomic E-state index is 11.1. The van der Waals surface area contributed by atoms with Crippen LogP contribution in [0.3, 0.4) is 0 Å². The molecule has 0 aliphatic heterocycles. The molecule has 1 atom stereocenters. The van der Waals surface area contributed by atoms with Crippen molar-refractivity contribution in [1.82, 2.24) is 4.90 Å². The Hall–Kier alpha value is -0.860. The van der Waals surface area contributed by atoms with Crippen molar-refractivity contribution >= 4 is 0 Å². The summed E-state index contributed by atoms with van der Waals surface area (Å²) in [5.41, 5.74) is 3.44. The Labute approximate surface area is 123 Å². The summed E-state index contributed by atoms with van der Waals surface area (Å²) in [5, 5.41) is 11.1. The summed E-state index contributed by atoms with van der Waals surface area (Å²) in [5.74, 6) is 0.787. The Morgan fingerprint density at radius 2 is 1.60 bits per heavy atom. The Morgan fingerprint density at radius 1 is 1.10 bits per heavy atom. The topological polar surface area (TPSA) is 23.5 Å². The first-order valence-corrected chi connectivity index (χ1v) is 7.79. The molecule has 2 rings (SSSR count). The van der Waals surface area contributed by atoms with Crippen molar-refractivity contribution in [2.75, 3.05) is 14.1 Å². The van der Waals surface area contributed by atoms with Gasteiger partial charge in [0.1, 0.15) is 0 Å². The molecule has 1 aliphatic carbocycles. The van der Waals surface area contributed by atoms with Crippen molar-refractivity contribution in [3.8, 4) is 0 Å². The first kappa shape index (κ1) is 15.5. The molecule has 0 saturated heterocycles. The lowest BCUT2D eigenvalue weighted by Crippen LogP contribution is -2.51. The van der Waals surface area contributed by atoms with Gasteiger partial charge in [0, 0.05) is 0 Å². The molecule has 1 saturated carbocycles. The lowest BCUT2D eigenvalue weighted by Gasteiger charge is -2.48. The molecule has 0 bridgehead atoms. The largest absolute Gasteiger partial charge is 0.386 e. The Morgan fingerprint density at radius 3 is 2.05 bits per heavy atom. The molecule has 112 valence electrons. The highest BCUT2D eigenvalue weighted by Crippen LogP contribution is 2.43. The van der Waals surface area contributed by atoms with Crippen LogP contribution in [0.15, 0.2) is 18.2 Å². The summed E-state index contributed by atoms with van der Waals surface area (Å²) in [6, 6.07) is 6.45. The van der Waals surface area contributed by atoms with E-state index in [1.54, 1.807) is 0 Å². The molecule has 2 nitrogen and oxygen atoms in total. The van der Waals surface area contributed by atoms with E-state index in [0.29, 0.717) is 0 Å². The molecular weight excluding hydrogens is 246 g/mol. The molecule has 1 unspecified atom stereocenters. The van der Waals surface area contributed by atoms with E-state index in [-0.39, 0.29) is 5.54 Å². The van der Waals surface area contributed by atoms with E-state index < -0.39 is 6.10 Å². The molecule has 1 fully saturated rings. The molecule has 0 radical (unpaired) electrons. The molecule has 20 heavy (non-hydrogen) atoms. The number of likely N-dealkylation sites (N-methyl/N-ethyl adjacent to an activating group) is 1. The minimum atomic E-state index is -0.399. The minimum Gasteiger partial charge on any atom is -0.386 e. The van der Waals surface area contributed by atoms with Gasteiger partial charge in [-0.3, -0.25) is 0 Å². The van der Waals surface area contributed by atoms with Gasteiger partial charge in [0.05, 0.1) is 11.6 Å². The van der Waals surface area contributed by atoms with Gasteiger partial charge in [-0.2, -0.15) is 0 Å². The fraction of sp³-hybridized carbons (Fsp3) is 0.667. The third-order valence-corrected chi connectivity index (χ3v) is 5.10. The van der Waals surface area contributed by atoms with Gasteiger partial charge in [-0.15, -0.1) is 0 Å². The maximum Gasteiger partial charge on any atom is 0.0973 e. The fourth-order valence-corrected chi connectivity index (χ4v) is 3.71. The quantitative estimate of drug-likeness (QED) is 0.906. The van der Waals surface area contributed by atoms with Crippen molar-refractivity contribution in [3.05, 3.63) is 34.9 Å². The predicted octanol–water partition coefficient (Wildman–Crippen LogP) is 3.85. The highest BCUT2D eigenvalue weighted by molar-refractivity contribution is 5.32. The van der Waals surface area contributed by atoms with Crippen LogP contribution in [0.4, 0.5) is 0 Å². The highest BCUT2D eigenvalue weighted by Gasteiger charge is 2.43. The first-order valence-electron chi connectivity index (χ1n) is 7.79. The fourth-order valence-electron chi connectivity index (χ4n) is 3.71. The van der Waals surface area contributed by atoms with Crippen LogP contribution in [0.25, 0.3) is 0 Å². The predicted molar refractivity (Wildman–Crippen MR) is 84.9 cm³/mol. The van der Waals surface area contributed by atoms with Crippen LogP contribution in [0, 0.1) is 19.8 Å². The molecule has 2 heteroatoms. The second kappa shape index (κ2) is 5.87. The van der Waals surface area contributed by atoms with E-state index in [0.717, 1.165) is 24.3 Å². The Bertz CT molecular complexity index is 438. The Balaban J connectivity index is 2.34. The lowest BCUT2D eigenvalue weighted by molar-refractivity contribution is -0.0408. The van der Waals surface area contributed by atoms with Crippen LogP contribution in [0.1, 0.15) is 55.4 Å². The van der Waals surface area contributed by atoms with Gasteiger partial charge in [-0.1, -0.05) is 36.2 Å². The van der Waals surface area contributed by atoms with Crippen molar-refractivity contribution in [1.29, 1.82) is 0 Å². The summed E-state index contributed by atoms with van der Waals surface area (Å²) in [4.78, 5) is 2.25. The second-order valence-electron chi connectivity index (χ2n) is 7.00. The molecule has 0 heterocycles. The van der Waals surface area contributed by atoms with Crippen molar-refractivity contribution in [3.63, 3.8) is 0 Å². The van der Waals surface area contributed by atoms with E-state index in [9.17, 15) is 5.11 Å². The molecule has 0 spiro atoms. The van der Waals surface area contributed by atoms with E-state index >= 15 is 0 Å². The van der Waals surface area contributed by atoms with Crippen LogP contribution in [0.2, 0.25) is 0 Å². The zero-order chi connectivity index (χ0) is 14.9. The van der Waals surface area contributed by atoms with Crippen molar-refractivity contribution in [2.45, 2.75) is 58.1 Å². The second-order valence-corrected chi connectivity index (χ2v) is 7.00. The van der Waals surface area contributed by atoms with Gasteiger partial charge in [0.2, 0.25) is 0 Å². The molecule has 1 aromatic rings. The highest BCUT2D eigenvalue weighted by atomic mass is 16.3. The van der Waals surface area contributed by atoms with Gasteiger partial charge >= 0.3 is 0 Å². The van der Waals surface area contributed by atoms with Crippen LogP contribution < -0.4 is 0 Å². The summed E-state index contributed by atoms with van der Waals surface area (Å²) < 4.78 is 0. The van der Waals surface area contributed by atoms with Gasteiger partial charge in [0.15, 0.2) is 0 Å². The van der Waals surface area contributed by atoms with Gasteiger partial charge in [-0.25, -0.2) is 0 Å². The number of aliphatic hydroxyl groups is 1. The van der Waals surface area contributed by atoms with Crippen LogP contribution in [-0.2, 0) is 0 Å².